The number of aryl methyl sites for hydroxylation is 1. The first-order valence-corrected chi connectivity index (χ1v) is 11.4. The summed E-state index contributed by atoms with van der Waals surface area (Å²) in [5, 5.41) is 0. The van der Waals surface area contributed by atoms with E-state index in [1.54, 1.807) is 17.1 Å². The second-order valence-corrected chi connectivity index (χ2v) is 9.20. The average molecular weight is 462 g/mol. The van der Waals surface area contributed by atoms with Gasteiger partial charge in [-0.1, -0.05) is 66.5 Å². The average Bonchev–Trinajstić information content (AvgIpc) is 3.21. The second-order valence-electron chi connectivity index (χ2n) is 7.56. The maximum atomic E-state index is 13.6. The Morgan fingerprint density at radius 2 is 1.75 bits per heavy atom. The van der Waals surface area contributed by atoms with Crippen molar-refractivity contribution in [3.63, 3.8) is 0 Å². The van der Waals surface area contributed by atoms with Gasteiger partial charge in [-0.2, -0.15) is 0 Å². The molecule has 0 N–H and O–H groups in total. The van der Waals surface area contributed by atoms with Crippen LogP contribution in [-0.2, 0) is 9.59 Å². The van der Waals surface area contributed by atoms with Gasteiger partial charge in [0.2, 0.25) is 0 Å². The smallest absolute Gasteiger partial charge is 0.271 e. The third-order valence-corrected chi connectivity index (χ3v) is 6.67. The quantitative estimate of drug-likeness (QED) is 0.338. The molecule has 0 aliphatic carbocycles. The number of rotatable bonds is 7. The molecule has 0 unspecified atom stereocenters. The predicted molar refractivity (Wildman–Crippen MR) is 137 cm³/mol. The number of thioether (sulfide) groups is 1. The Bertz CT molecular complexity index is 1160. The summed E-state index contributed by atoms with van der Waals surface area (Å²) in [4.78, 5) is 32.7. The highest BCUT2D eigenvalue weighted by molar-refractivity contribution is 8.27. The van der Waals surface area contributed by atoms with E-state index < -0.39 is 0 Å². The summed E-state index contributed by atoms with van der Waals surface area (Å²) in [6.45, 7) is 11.2. The fraction of sp³-hybridized carbons (Fsp3) is 0.160. The van der Waals surface area contributed by atoms with Crippen LogP contribution in [0.2, 0.25) is 0 Å². The van der Waals surface area contributed by atoms with Crippen molar-refractivity contribution in [2.75, 3.05) is 29.6 Å². The Morgan fingerprint density at radius 3 is 2.44 bits per heavy atom. The molecular weight excluding hydrogens is 438 g/mol. The molecule has 2 amide bonds. The lowest BCUT2D eigenvalue weighted by atomic mass is 10.1. The number of carbonyl (C=O) groups is 2. The minimum absolute atomic E-state index is 0.200. The molecule has 0 aromatic heterocycles. The van der Waals surface area contributed by atoms with Gasteiger partial charge in [0.25, 0.3) is 11.8 Å². The second kappa shape index (κ2) is 9.24. The minimum Gasteiger partial charge on any atom is -0.294 e. The van der Waals surface area contributed by atoms with Crippen LogP contribution in [0.25, 0.3) is 5.57 Å². The zero-order valence-corrected chi connectivity index (χ0v) is 19.4. The van der Waals surface area contributed by atoms with Crippen molar-refractivity contribution < 1.29 is 9.59 Å². The van der Waals surface area contributed by atoms with Crippen molar-refractivity contribution in [3.05, 3.63) is 89.9 Å². The number of para-hydroxylation sites is 1. The van der Waals surface area contributed by atoms with E-state index in [-0.39, 0.29) is 11.8 Å². The molecule has 2 heterocycles. The molecule has 1 saturated heterocycles. The van der Waals surface area contributed by atoms with Crippen LogP contribution in [0.1, 0.15) is 11.1 Å². The largest absolute Gasteiger partial charge is 0.294 e. The zero-order chi connectivity index (χ0) is 22.8. The molecule has 0 atom stereocenters. The normalized spacial score (nSPS) is 18.0. The number of carbonyl (C=O) groups excluding carboxylic acids is 2. The number of hydrogen-bond acceptors (Lipinski definition) is 5. The zero-order valence-electron chi connectivity index (χ0n) is 17.8. The standard InChI is InChI=1S/C25H23N3O2S2/c1-4-13-26(14-5-2)16-27-20-12-7-6-11-19(20)21(23(27)29)22-24(30)28(25(31)32-22)18-10-8-9-17(3)15-18/h4-12,15H,1-2,13-14,16H2,3H3. The first kappa shape index (κ1) is 22.2. The number of thiocarbonyl (C=S) groups is 1. The highest BCUT2D eigenvalue weighted by Gasteiger charge is 2.42. The third kappa shape index (κ3) is 3.95. The third-order valence-electron chi connectivity index (χ3n) is 5.30. The van der Waals surface area contributed by atoms with Gasteiger partial charge in [-0.3, -0.25) is 24.3 Å². The van der Waals surface area contributed by atoms with Gasteiger partial charge in [0.1, 0.15) is 0 Å². The predicted octanol–water partition coefficient (Wildman–Crippen LogP) is 4.75. The van der Waals surface area contributed by atoms with Crippen LogP contribution < -0.4 is 9.80 Å². The van der Waals surface area contributed by atoms with E-state index >= 15 is 0 Å². The molecule has 0 bridgehead atoms. The summed E-state index contributed by atoms with van der Waals surface area (Å²) >= 11 is 6.72. The van der Waals surface area contributed by atoms with Crippen molar-refractivity contribution in [2.45, 2.75) is 6.92 Å². The molecule has 32 heavy (non-hydrogen) atoms. The fourth-order valence-corrected chi connectivity index (χ4v) is 5.27. The lowest BCUT2D eigenvalue weighted by Gasteiger charge is -2.26. The highest BCUT2D eigenvalue weighted by Crippen LogP contribution is 2.45. The number of hydrogen-bond donors (Lipinski definition) is 0. The van der Waals surface area contributed by atoms with Crippen LogP contribution in [0.15, 0.2) is 78.7 Å². The van der Waals surface area contributed by atoms with E-state index in [2.05, 4.69) is 18.1 Å². The van der Waals surface area contributed by atoms with E-state index in [1.165, 1.54) is 16.7 Å². The summed E-state index contributed by atoms with van der Waals surface area (Å²) in [6.07, 6.45) is 3.59. The van der Waals surface area contributed by atoms with Gasteiger partial charge >= 0.3 is 0 Å². The van der Waals surface area contributed by atoms with Crippen molar-refractivity contribution in [2.24, 2.45) is 0 Å². The Balaban J connectivity index is 1.76. The van der Waals surface area contributed by atoms with Gasteiger partial charge in [0.15, 0.2) is 4.32 Å². The van der Waals surface area contributed by atoms with Crippen molar-refractivity contribution >= 4 is 57.1 Å². The van der Waals surface area contributed by atoms with Gasteiger partial charge < -0.3 is 0 Å². The highest BCUT2D eigenvalue weighted by atomic mass is 32.2. The van der Waals surface area contributed by atoms with Crippen molar-refractivity contribution in [1.29, 1.82) is 0 Å². The number of anilines is 2. The van der Waals surface area contributed by atoms with Gasteiger partial charge in [0, 0.05) is 18.7 Å². The van der Waals surface area contributed by atoms with Crippen LogP contribution in [0.3, 0.4) is 0 Å². The Kier molecular flexibility index (Phi) is 6.41. The molecule has 0 radical (unpaired) electrons. The molecule has 0 spiro atoms. The number of nitrogens with zero attached hydrogens (tertiary/aromatic N) is 3. The summed E-state index contributed by atoms with van der Waals surface area (Å²) in [5.74, 6) is -0.464. The lowest BCUT2D eigenvalue weighted by Crippen LogP contribution is -2.40. The van der Waals surface area contributed by atoms with Gasteiger partial charge in [-0.25, -0.2) is 0 Å². The van der Waals surface area contributed by atoms with Crippen LogP contribution in [0, 0.1) is 6.92 Å². The minimum atomic E-state index is -0.264. The molecule has 2 aromatic carbocycles. The molecule has 4 rings (SSSR count). The van der Waals surface area contributed by atoms with Gasteiger partial charge in [0.05, 0.1) is 28.5 Å². The molecule has 7 heteroatoms. The first-order valence-electron chi connectivity index (χ1n) is 10.2. The van der Waals surface area contributed by atoms with E-state index in [4.69, 9.17) is 12.2 Å². The van der Waals surface area contributed by atoms with Gasteiger partial charge in [-0.05, 0) is 30.7 Å². The van der Waals surface area contributed by atoms with Crippen LogP contribution >= 0.6 is 24.0 Å². The van der Waals surface area contributed by atoms with Gasteiger partial charge in [-0.15, -0.1) is 13.2 Å². The molecule has 5 nitrogen and oxygen atoms in total. The molecular formula is C25H23N3O2S2. The molecule has 2 aliphatic rings. The Morgan fingerprint density at radius 1 is 1.03 bits per heavy atom. The fourth-order valence-electron chi connectivity index (χ4n) is 3.90. The summed E-state index contributed by atoms with van der Waals surface area (Å²) in [6, 6.07) is 15.2. The van der Waals surface area contributed by atoms with Crippen LogP contribution in [0.4, 0.5) is 11.4 Å². The molecule has 1 fully saturated rings. The Labute approximate surface area is 197 Å². The van der Waals surface area contributed by atoms with E-state index in [1.807, 2.05) is 55.5 Å². The van der Waals surface area contributed by atoms with Crippen molar-refractivity contribution in [1.82, 2.24) is 4.90 Å². The summed E-state index contributed by atoms with van der Waals surface area (Å²) in [7, 11) is 0. The number of amides is 2. The maximum Gasteiger partial charge on any atom is 0.271 e. The maximum absolute atomic E-state index is 13.6. The van der Waals surface area contributed by atoms with E-state index in [0.717, 1.165) is 16.8 Å². The van der Waals surface area contributed by atoms with Crippen LogP contribution in [-0.4, -0.2) is 40.8 Å². The molecule has 0 saturated carbocycles. The number of fused-ring (bicyclic) bond motifs is 1. The molecule has 162 valence electrons. The SMILES string of the molecule is C=CCN(CC=C)CN1C(=O)C(=C2SC(=S)N(c3cccc(C)c3)C2=O)c2ccccc21. The number of benzene rings is 2. The monoisotopic (exact) mass is 461 g/mol. The van der Waals surface area contributed by atoms with E-state index in [0.29, 0.717) is 40.2 Å². The van der Waals surface area contributed by atoms with Crippen LogP contribution in [0.5, 0.6) is 0 Å². The molecule has 2 aliphatic heterocycles. The summed E-state index contributed by atoms with van der Waals surface area (Å²) < 4.78 is 0.423. The topological polar surface area (TPSA) is 43.9 Å². The van der Waals surface area contributed by atoms with Crippen molar-refractivity contribution in [3.8, 4) is 0 Å². The van der Waals surface area contributed by atoms with E-state index in [9.17, 15) is 9.59 Å². The Hall–Kier alpha value is -3.00. The lowest BCUT2D eigenvalue weighted by molar-refractivity contribution is -0.115. The first-order chi connectivity index (χ1) is 15.5. The summed E-state index contributed by atoms with van der Waals surface area (Å²) in [5.41, 5.74) is 3.68. The molecule has 2 aromatic rings.